The minimum Gasteiger partial charge on any atom is -0.504 e. The molecule has 2 rings (SSSR count). The Morgan fingerprint density at radius 1 is 1.00 bits per heavy atom. The van der Waals surface area contributed by atoms with Crippen LogP contribution in [0.15, 0.2) is 35.2 Å². The van der Waals surface area contributed by atoms with Crippen LogP contribution in [0.5, 0.6) is 5.75 Å². The van der Waals surface area contributed by atoms with Crippen molar-refractivity contribution in [1.82, 2.24) is 0 Å². The molecule has 0 atom stereocenters. The molecule has 4 nitrogen and oxygen atoms in total. The van der Waals surface area contributed by atoms with E-state index in [0.29, 0.717) is 0 Å². The van der Waals surface area contributed by atoms with Crippen LogP contribution < -0.4 is 4.72 Å². The Morgan fingerprint density at radius 2 is 1.67 bits per heavy atom. The number of phenols is 1. The fraction of sp³-hybridized carbons (Fsp3) is 0. The second-order valence-electron chi connectivity index (χ2n) is 3.97. The Bertz CT molecular complexity index is 812. The fourth-order valence-electron chi connectivity index (χ4n) is 1.49. The zero-order chi connectivity index (χ0) is 15.8. The molecular formula is C12H7Cl3FNO3S. The van der Waals surface area contributed by atoms with Gasteiger partial charge in [-0.05, 0) is 24.3 Å². The van der Waals surface area contributed by atoms with E-state index in [1.807, 2.05) is 4.72 Å². The molecule has 9 heteroatoms. The molecular weight excluding hydrogens is 364 g/mol. The predicted molar refractivity (Wildman–Crippen MR) is 80.3 cm³/mol. The number of nitrogens with one attached hydrogen (secondary N) is 1. The number of sulfonamides is 1. The number of anilines is 1. The van der Waals surface area contributed by atoms with Crippen molar-refractivity contribution in [3.8, 4) is 5.75 Å². The molecule has 2 aromatic rings. The summed E-state index contributed by atoms with van der Waals surface area (Å²) in [6.07, 6.45) is 0. The SMILES string of the molecule is O=S(=O)(Nc1cc(F)cc(Cl)c1O)c1ccc(Cl)c(Cl)c1. The Balaban J connectivity index is 2.44. The van der Waals surface area contributed by atoms with Gasteiger partial charge in [0.2, 0.25) is 0 Å². The minimum atomic E-state index is -4.09. The van der Waals surface area contributed by atoms with Gasteiger partial charge in [0.05, 0.1) is 25.7 Å². The van der Waals surface area contributed by atoms with Gasteiger partial charge in [0, 0.05) is 6.07 Å². The molecule has 2 N–H and O–H groups in total. The van der Waals surface area contributed by atoms with Crippen molar-refractivity contribution in [2.45, 2.75) is 4.90 Å². The van der Waals surface area contributed by atoms with Crippen LogP contribution >= 0.6 is 34.8 Å². The second kappa shape index (κ2) is 5.88. The maximum atomic E-state index is 13.2. The summed E-state index contributed by atoms with van der Waals surface area (Å²) in [4.78, 5) is -0.198. The third kappa shape index (κ3) is 3.52. The summed E-state index contributed by atoms with van der Waals surface area (Å²) in [5.74, 6) is -1.38. The van der Waals surface area contributed by atoms with Gasteiger partial charge < -0.3 is 5.11 Å². The first-order valence-corrected chi connectivity index (χ1v) is 7.98. The van der Waals surface area contributed by atoms with E-state index in [0.717, 1.165) is 18.2 Å². The maximum absolute atomic E-state index is 13.2. The number of aromatic hydroxyl groups is 1. The topological polar surface area (TPSA) is 66.4 Å². The van der Waals surface area contributed by atoms with E-state index in [1.54, 1.807) is 0 Å². The number of rotatable bonds is 3. The van der Waals surface area contributed by atoms with Crippen molar-refractivity contribution < 1.29 is 17.9 Å². The fourth-order valence-corrected chi connectivity index (χ4v) is 3.14. The van der Waals surface area contributed by atoms with Gasteiger partial charge >= 0.3 is 0 Å². The highest BCUT2D eigenvalue weighted by Crippen LogP contribution is 2.34. The first-order valence-electron chi connectivity index (χ1n) is 5.36. The van der Waals surface area contributed by atoms with Gasteiger partial charge in [-0.25, -0.2) is 12.8 Å². The van der Waals surface area contributed by atoms with E-state index in [1.165, 1.54) is 12.1 Å². The third-order valence-corrected chi connectivity index (χ3v) is 4.86. The van der Waals surface area contributed by atoms with E-state index in [-0.39, 0.29) is 25.7 Å². The highest BCUT2D eigenvalue weighted by Gasteiger charge is 2.19. The zero-order valence-electron chi connectivity index (χ0n) is 10.1. The van der Waals surface area contributed by atoms with E-state index in [4.69, 9.17) is 34.8 Å². The van der Waals surface area contributed by atoms with Crippen LogP contribution in [-0.4, -0.2) is 13.5 Å². The average Bonchev–Trinajstić information content (AvgIpc) is 2.38. The van der Waals surface area contributed by atoms with Gasteiger partial charge in [0.1, 0.15) is 5.82 Å². The van der Waals surface area contributed by atoms with Crippen LogP contribution in [0.3, 0.4) is 0 Å². The van der Waals surface area contributed by atoms with E-state index < -0.39 is 21.6 Å². The van der Waals surface area contributed by atoms with Gasteiger partial charge in [0.15, 0.2) is 5.75 Å². The van der Waals surface area contributed by atoms with Crippen LogP contribution in [0, 0.1) is 5.82 Å². The number of hydrogen-bond donors (Lipinski definition) is 2. The quantitative estimate of drug-likeness (QED) is 0.792. The smallest absolute Gasteiger partial charge is 0.262 e. The lowest BCUT2D eigenvalue weighted by atomic mass is 10.3. The van der Waals surface area contributed by atoms with Crippen LogP contribution in [0.25, 0.3) is 0 Å². The monoisotopic (exact) mass is 369 g/mol. The summed E-state index contributed by atoms with van der Waals surface area (Å²) in [6, 6.07) is 5.31. The highest BCUT2D eigenvalue weighted by molar-refractivity contribution is 7.92. The number of hydrogen-bond acceptors (Lipinski definition) is 3. The largest absolute Gasteiger partial charge is 0.504 e. The highest BCUT2D eigenvalue weighted by atomic mass is 35.5. The summed E-state index contributed by atoms with van der Waals surface area (Å²) < 4.78 is 39.6. The van der Waals surface area contributed by atoms with Crippen molar-refractivity contribution >= 4 is 50.5 Å². The van der Waals surface area contributed by atoms with Crippen molar-refractivity contribution in [2.75, 3.05) is 4.72 Å². The van der Waals surface area contributed by atoms with Crippen molar-refractivity contribution in [1.29, 1.82) is 0 Å². The van der Waals surface area contributed by atoms with E-state index in [2.05, 4.69) is 0 Å². The first kappa shape index (κ1) is 16.2. The maximum Gasteiger partial charge on any atom is 0.262 e. The van der Waals surface area contributed by atoms with Crippen LogP contribution in [0.2, 0.25) is 15.1 Å². The first-order chi connectivity index (χ1) is 9.70. The molecule has 2 aromatic carbocycles. The molecule has 0 fully saturated rings. The molecule has 0 amide bonds. The minimum absolute atomic E-state index is 0.0426. The molecule has 0 unspecified atom stereocenters. The van der Waals surface area contributed by atoms with Gasteiger partial charge in [-0.1, -0.05) is 34.8 Å². The van der Waals surface area contributed by atoms with E-state index in [9.17, 15) is 17.9 Å². The molecule has 0 saturated carbocycles. The van der Waals surface area contributed by atoms with Crippen LogP contribution in [-0.2, 0) is 10.0 Å². The lowest BCUT2D eigenvalue weighted by molar-refractivity contribution is 0.476. The molecule has 0 aromatic heterocycles. The van der Waals surface area contributed by atoms with E-state index >= 15 is 0 Å². The molecule has 0 aliphatic heterocycles. The molecule has 0 heterocycles. The van der Waals surface area contributed by atoms with Crippen LogP contribution in [0.1, 0.15) is 0 Å². The summed E-state index contributed by atoms with van der Waals surface area (Å²) in [6.45, 7) is 0. The Kier molecular flexibility index (Phi) is 4.53. The summed E-state index contributed by atoms with van der Waals surface area (Å²) >= 11 is 17.0. The van der Waals surface area contributed by atoms with Crippen molar-refractivity contribution in [3.05, 3.63) is 51.2 Å². The Hall–Kier alpha value is -1.21. The Labute approximate surface area is 135 Å². The lowest BCUT2D eigenvalue weighted by Gasteiger charge is -2.11. The summed E-state index contributed by atoms with van der Waals surface area (Å²) in [5, 5.41) is 9.57. The van der Waals surface area contributed by atoms with Gasteiger partial charge in [0.25, 0.3) is 10.0 Å². The van der Waals surface area contributed by atoms with Crippen LogP contribution in [0.4, 0.5) is 10.1 Å². The Morgan fingerprint density at radius 3 is 2.29 bits per heavy atom. The molecule has 21 heavy (non-hydrogen) atoms. The summed E-state index contributed by atoms with van der Waals surface area (Å²) in [7, 11) is -4.09. The molecule has 0 spiro atoms. The molecule has 0 saturated heterocycles. The lowest BCUT2D eigenvalue weighted by Crippen LogP contribution is -2.13. The number of phenolic OH excluding ortho intramolecular Hbond substituents is 1. The van der Waals surface area contributed by atoms with Crippen molar-refractivity contribution in [3.63, 3.8) is 0 Å². The van der Waals surface area contributed by atoms with Gasteiger partial charge in [-0.2, -0.15) is 0 Å². The van der Waals surface area contributed by atoms with Crippen molar-refractivity contribution in [2.24, 2.45) is 0 Å². The number of halogens is 4. The molecule has 0 radical (unpaired) electrons. The molecule has 0 bridgehead atoms. The normalized spacial score (nSPS) is 11.4. The zero-order valence-corrected chi connectivity index (χ0v) is 13.2. The number of benzene rings is 2. The van der Waals surface area contributed by atoms with Gasteiger partial charge in [-0.15, -0.1) is 0 Å². The molecule has 0 aliphatic rings. The second-order valence-corrected chi connectivity index (χ2v) is 6.87. The average molecular weight is 371 g/mol. The molecule has 112 valence electrons. The van der Waals surface area contributed by atoms with Gasteiger partial charge in [-0.3, -0.25) is 4.72 Å². The standard InChI is InChI=1S/C12H7Cl3FNO3S/c13-8-2-1-7(5-9(8)14)21(19,20)17-11-4-6(16)3-10(15)12(11)18/h1-5,17-18H. The summed E-state index contributed by atoms with van der Waals surface area (Å²) in [5.41, 5.74) is -0.383. The molecule has 0 aliphatic carbocycles. The third-order valence-electron chi connectivity index (χ3n) is 2.47. The predicted octanol–water partition coefficient (Wildman–Crippen LogP) is 4.29.